The molecule has 0 fully saturated rings. The molecule has 1 N–H and O–H groups in total. The molecule has 20 heavy (non-hydrogen) atoms. The van der Waals surface area contributed by atoms with E-state index in [0.29, 0.717) is 0 Å². The Hall–Kier alpha value is -1.81. The number of nitrogens with zero attached hydrogens (tertiary/aromatic N) is 2. The van der Waals surface area contributed by atoms with Crippen LogP contribution in [0, 0.1) is 13.8 Å². The zero-order valence-electron chi connectivity index (χ0n) is 12.9. The largest absolute Gasteiger partial charge is 0.496 e. The first kappa shape index (κ1) is 14.6. The van der Waals surface area contributed by atoms with E-state index in [2.05, 4.69) is 43.3 Å². The summed E-state index contributed by atoms with van der Waals surface area (Å²) in [7, 11) is 3.68. The Balaban J connectivity index is 2.53. The highest BCUT2D eigenvalue weighted by Gasteiger charge is 2.21. The number of hydrogen-bond acceptors (Lipinski definition) is 3. The maximum Gasteiger partial charge on any atom is 0.124 e. The third kappa shape index (κ3) is 2.70. The van der Waals surface area contributed by atoms with Crippen molar-refractivity contribution in [3.8, 4) is 5.75 Å². The molecule has 0 aliphatic carbocycles. The van der Waals surface area contributed by atoms with Crippen molar-refractivity contribution in [3.05, 3.63) is 46.8 Å². The third-order valence-electron chi connectivity index (χ3n) is 3.69. The standard InChI is InChI=1S/C16H23N3O/c1-6-17-16(14-10-18-19(4)12(14)3)13-9-11(2)7-8-15(13)20-5/h7-10,16-17H,6H2,1-5H3. The van der Waals surface area contributed by atoms with Gasteiger partial charge in [-0.25, -0.2) is 0 Å². The molecule has 108 valence electrons. The van der Waals surface area contributed by atoms with Crippen molar-refractivity contribution in [2.75, 3.05) is 13.7 Å². The molecule has 0 spiro atoms. The highest BCUT2D eigenvalue weighted by molar-refractivity contribution is 5.44. The van der Waals surface area contributed by atoms with E-state index in [9.17, 15) is 0 Å². The van der Waals surface area contributed by atoms with E-state index >= 15 is 0 Å². The molecular weight excluding hydrogens is 250 g/mol. The second kappa shape index (κ2) is 6.09. The monoisotopic (exact) mass is 273 g/mol. The summed E-state index contributed by atoms with van der Waals surface area (Å²) in [6, 6.07) is 6.38. The maximum atomic E-state index is 5.53. The Morgan fingerprint density at radius 3 is 2.60 bits per heavy atom. The number of benzene rings is 1. The summed E-state index contributed by atoms with van der Waals surface area (Å²) < 4.78 is 7.43. The summed E-state index contributed by atoms with van der Waals surface area (Å²) in [6.45, 7) is 7.19. The number of rotatable bonds is 5. The summed E-state index contributed by atoms with van der Waals surface area (Å²) in [5.41, 5.74) is 4.74. The van der Waals surface area contributed by atoms with Crippen LogP contribution in [-0.4, -0.2) is 23.4 Å². The molecule has 1 aromatic carbocycles. The van der Waals surface area contributed by atoms with Gasteiger partial charge in [0, 0.05) is 23.9 Å². The fraction of sp³-hybridized carbons (Fsp3) is 0.438. The fourth-order valence-corrected chi connectivity index (χ4v) is 2.47. The van der Waals surface area contributed by atoms with Gasteiger partial charge in [-0.2, -0.15) is 5.10 Å². The van der Waals surface area contributed by atoms with E-state index in [-0.39, 0.29) is 6.04 Å². The molecule has 0 radical (unpaired) electrons. The first-order chi connectivity index (χ1) is 9.58. The number of hydrogen-bond donors (Lipinski definition) is 1. The summed E-state index contributed by atoms with van der Waals surface area (Å²) in [4.78, 5) is 0. The minimum atomic E-state index is 0.101. The highest BCUT2D eigenvalue weighted by Crippen LogP contribution is 2.32. The van der Waals surface area contributed by atoms with Crippen molar-refractivity contribution in [2.45, 2.75) is 26.8 Å². The molecule has 1 atom stereocenters. The molecule has 1 heterocycles. The van der Waals surface area contributed by atoms with Crippen LogP contribution in [0.3, 0.4) is 0 Å². The first-order valence-corrected chi connectivity index (χ1v) is 6.94. The van der Waals surface area contributed by atoms with Gasteiger partial charge in [0.05, 0.1) is 19.3 Å². The van der Waals surface area contributed by atoms with Gasteiger partial charge in [0.25, 0.3) is 0 Å². The molecule has 4 nitrogen and oxygen atoms in total. The van der Waals surface area contributed by atoms with Crippen LogP contribution in [0.2, 0.25) is 0 Å². The van der Waals surface area contributed by atoms with Gasteiger partial charge < -0.3 is 10.1 Å². The third-order valence-corrected chi connectivity index (χ3v) is 3.69. The predicted octanol–water partition coefficient (Wildman–Crippen LogP) is 2.74. The van der Waals surface area contributed by atoms with Crippen LogP contribution < -0.4 is 10.1 Å². The molecular formula is C16H23N3O. The summed E-state index contributed by atoms with van der Waals surface area (Å²) in [5, 5.41) is 7.90. The Kier molecular flexibility index (Phi) is 4.45. The molecule has 2 rings (SSSR count). The van der Waals surface area contributed by atoms with Crippen LogP contribution in [0.25, 0.3) is 0 Å². The van der Waals surface area contributed by atoms with Crippen molar-refractivity contribution in [1.82, 2.24) is 15.1 Å². The molecule has 0 amide bonds. The average Bonchev–Trinajstić information content (AvgIpc) is 2.76. The molecule has 0 bridgehead atoms. The predicted molar refractivity (Wildman–Crippen MR) is 81.2 cm³/mol. The molecule has 0 saturated heterocycles. The number of aryl methyl sites for hydroxylation is 2. The maximum absolute atomic E-state index is 5.53. The van der Waals surface area contributed by atoms with Gasteiger partial charge in [0.1, 0.15) is 5.75 Å². The number of ether oxygens (including phenoxy) is 1. The van der Waals surface area contributed by atoms with Crippen molar-refractivity contribution < 1.29 is 4.74 Å². The van der Waals surface area contributed by atoms with Crippen LogP contribution >= 0.6 is 0 Å². The molecule has 0 saturated carbocycles. The van der Waals surface area contributed by atoms with Crippen LogP contribution in [-0.2, 0) is 7.05 Å². The Morgan fingerprint density at radius 2 is 2.05 bits per heavy atom. The van der Waals surface area contributed by atoms with Crippen molar-refractivity contribution in [2.24, 2.45) is 7.05 Å². The Morgan fingerprint density at radius 1 is 1.30 bits per heavy atom. The van der Waals surface area contributed by atoms with Gasteiger partial charge in [-0.1, -0.05) is 24.6 Å². The van der Waals surface area contributed by atoms with Crippen molar-refractivity contribution in [1.29, 1.82) is 0 Å². The lowest BCUT2D eigenvalue weighted by Gasteiger charge is -2.21. The van der Waals surface area contributed by atoms with Crippen LogP contribution in [0.15, 0.2) is 24.4 Å². The lowest BCUT2D eigenvalue weighted by molar-refractivity contribution is 0.404. The summed E-state index contributed by atoms with van der Waals surface area (Å²) in [5.74, 6) is 0.907. The van der Waals surface area contributed by atoms with E-state index in [4.69, 9.17) is 4.74 Å². The number of methoxy groups -OCH3 is 1. The highest BCUT2D eigenvalue weighted by atomic mass is 16.5. The van der Waals surface area contributed by atoms with Gasteiger partial charge in [-0.3, -0.25) is 4.68 Å². The average molecular weight is 273 g/mol. The second-order valence-corrected chi connectivity index (χ2v) is 5.05. The Bertz CT molecular complexity index is 589. The van der Waals surface area contributed by atoms with Crippen molar-refractivity contribution in [3.63, 3.8) is 0 Å². The van der Waals surface area contributed by atoms with Crippen molar-refractivity contribution >= 4 is 0 Å². The van der Waals surface area contributed by atoms with Crippen LogP contribution in [0.4, 0.5) is 0 Å². The van der Waals surface area contributed by atoms with E-state index in [1.54, 1.807) is 7.11 Å². The second-order valence-electron chi connectivity index (χ2n) is 5.05. The van der Waals surface area contributed by atoms with E-state index in [0.717, 1.165) is 17.9 Å². The zero-order chi connectivity index (χ0) is 14.7. The normalized spacial score (nSPS) is 12.4. The van der Waals surface area contributed by atoms with Gasteiger partial charge in [-0.05, 0) is 26.5 Å². The smallest absolute Gasteiger partial charge is 0.124 e. The molecule has 2 aromatic rings. The number of nitrogens with one attached hydrogen (secondary N) is 1. The summed E-state index contributed by atoms with van der Waals surface area (Å²) in [6.07, 6.45) is 1.93. The lowest BCUT2D eigenvalue weighted by Crippen LogP contribution is -2.23. The molecule has 0 aliphatic heterocycles. The van der Waals surface area contributed by atoms with E-state index < -0.39 is 0 Å². The topological polar surface area (TPSA) is 39.1 Å². The van der Waals surface area contributed by atoms with E-state index in [1.807, 2.05) is 24.0 Å². The summed E-state index contributed by atoms with van der Waals surface area (Å²) >= 11 is 0. The minimum absolute atomic E-state index is 0.101. The van der Waals surface area contributed by atoms with Gasteiger partial charge in [-0.15, -0.1) is 0 Å². The van der Waals surface area contributed by atoms with Gasteiger partial charge in [0.2, 0.25) is 0 Å². The zero-order valence-corrected chi connectivity index (χ0v) is 12.9. The molecule has 1 aromatic heterocycles. The minimum Gasteiger partial charge on any atom is -0.496 e. The molecule has 0 aliphatic rings. The fourth-order valence-electron chi connectivity index (χ4n) is 2.47. The van der Waals surface area contributed by atoms with Crippen LogP contribution in [0.1, 0.15) is 35.3 Å². The lowest BCUT2D eigenvalue weighted by atomic mass is 9.96. The van der Waals surface area contributed by atoms with E-state index in [1.165, 1.54) is 16.8 Å². The molecule has 1 unspecified atom stereocenters. The van der Waals surface area contributed by atoms with Gasteiger partial charge in [0.15, 0.2) is 0 Å². The molecule has 4 heteroatoms. The van der Waals surface area contributed by atoms with Gasteiger partial charge >= 0.3 is 0 Å². The first-order valence-electron chi connectivity index (χ1n) is 6.94. The quantitative estimate of drug-likeness (QED) is 0.910. The Labute approximate surface area is 120 Å². The SMILES string of the molecule is CCNC(c1cc(C)ccc1OC)c1cnn(C)c1C. The number of aromatic nitrogens is 2. The van der Waals surface area contributed by atoms with Crippen LogP contribution in [0.5, 0.6) is 5.75 Å².